The van der Waals surface area contributed by atoms with E-state index in [1.807, 2.05) is 23.6 Å². The number of carbonyl (C=O) groups is 2. The molecule has 160 valence electrons. The highest BCUT2D eigenvalue weighted by Crippen LogP contribution is 2.29. The predicted molar refractivity (Wildman–Crippen MR) is 109 cm³/mol. The molecule has 1 aromatic heterocycles. The molecule has 7 nitrogen and oxygen atoms in total. The van der Waals surface area contributed by atoms with Crippen molar-refractivity contribution in [2.45, 2.75) is 44.8 Å². The average Bonchev–Trinajstić information content (AvgIpc) is 3.37. The highest BCUT2D eigenvalue weighted by molar-refractivity contribution is 5.95. The fourth-order valence-corrected chi connectivity index (χ4v) is 4.40. The van der Waals surface area contributed by atoms with Crippen LogP contribution in [0.1, 0.15) is 47.8 Å². The second kappa shape index (κ2) is 8.55. The molecule has 2 amide bonds. The molecular weight excluding hydrogens is 387 g/mol. The zero-order chi connectivity index (χ0) is 21.3. The van der Waals surface area contributed by atoms with Crippen LogP contribution in [0.15, 0.2) is 30.5 Å². The van der Waals surface area contributed by atoms with Gasteiger partial charge in [0.15, 0.2) is 0 Å². The molecule has 30 heavy (non-hydrogen) atoms. The molecule has 0 saturated carbocycles. The SMILES string of the molecule is C[C@@H]1CN(C(=O)c2cn[nH]c2[C@@H]2CCN(C(=O)Cc3ccc(F)cc3)C2)C[C@@H](C)O1. The molecule has 0 unspecified atom stereocenters. The van der Waals surface area contributed by atoms with Crippen molar-refractivity contribution in [3.63, 3.8) is 0 Å². The molecule has 3 heterocycles. The summed E-state index contributed by atoms with van der Waals surface area (Å²) in [6, 6.07) is 6.00. The van der Waals surface area contributed by atoms with Crippen LogP contribution in [-0.4, -0.2) is 70.2 Å². The van der Waals surface area contributed by atoms with Crippen LogP contribution < -0.4 is 0 Å². The number of carbonyl (C=O) groups excluding carboxylic acids is 2. The molecule has 1 aromatic carbocycles. The topological polar surface area (TPSA) is 78.5 Å². The van der Waals surface area contributed by atoms with Crippen molar-refractivity contribution in [2.24, 2.45) is 0 Å². The number of rotatable bonds is 4. The molecule has 2 fully saturated rings. The van der Waals surface area contributed by atoms with Crippen molar-refractivity contribution in [3.05, 3.63) is 53.1 Å². The largest absolute Gasteiger partial charge is 0.372 e. The Morgan fingerprint density at radius 1 is 1.13 bits per heavy atom. The van der Waals surface area contributed by atoms with Crippen LogP contribution in [0.5, 0.6) is 0 Å². The van der Waals surface area contributed by atoms with Gasteiger partial charge in [-0.3, -0.25) is 14.7 Å². The Hall–Kier alpha value is -2.74. The standard InChI is InChI=1S/C22H27FN4O3/c1-14-11-27(12-15(2)30-14)22(29)19-10-24-25-21(19)17-7-8-26(13-17)20(28)9-16-3-5-18(23)6-4-16/h3-6,10,14-15,17H,7-9,11-13H2,1-2H3,(H,24,25)/t14-,15-,17-/m1/s1. The van der Waals surface area contributed by atoms with Crippen molar-refractivity contribution in [2.75, 3.05) is 26.2 Å². The molecule has 0 radical (unpaired) electrons. The van der Waals surface area contributed by atoms with Gasteiger partial charge in [0.05, 0.1) is 36.1 Å². The Labute approximate surface area is 175 Å². The molecule has 3 atom stereocenters. The number of aromatic nitrogens is 2. The number of benzene rings is 1. The van der Waals surface area contributed by atoms with Gasteiger partial charge in [0.1, 0.15) is 5.82 Å². The first-order chi connectivity index (χ1) is 14.4. The fourth-order valence-electron chi connectivity index (χ4n) is 4.40. The van der Waals surface area contributed by atoms with Crippen molar-refractivity contribution in [1.29, 1.82) is 0 Å². The summed E-state index contributed by atoms with van der Waals surface area (Å²) in [5.74, 6) is -0.309. The number of halogens is 1. The van der Waals surface area contributed by atoms with E-state index >= 15 is 0 Å². The number of aromatic amines is 1. The Kier molecular flexibility index (Phi) is 5.85. The lowest BCUT2D eigenvalue weighted by molar-refractivity contribution is -0.129. The maximum atomic E-state index is 13.1. The van der Waals surface area contributed by atoms with E-state index in [0.29, 0.717) is 31.7 Å². The van der Waals surface area contributed by atoms with Gasteiger partial charge < -0.3 is 14.5 Å². The summed E-state index contributed by atoms with van der Waals surface area (Å²) >= 11 is 0. The quantitative estimate of drug-likeness (QED) is 0.833. The maximum Gasteiger partial charge on any atom is 0.257 e. The van der Waals surface area contributed by atoms with E-state index in [9.17, 15) is 14.0 Å². The lowest BCUT2D eigenvalue weighted by Gasteiger charge is -2.35. The minimum Gasteiger partial charge on any atom is -0.372 e. The summed E-state index contributed by atoms with van der Waals surface area (Å²) in [5.41, 5.74) is 2.16. The first kappa shape index (κ1) is 20.5. The van der Waals surface area contributed by atoms with Crippen LogP contribution in [0.3, 0.4) is 0 Å². The molecule has 0 bridgehead atoms. The van der Waals surface area contributed by atoms with E-state index in [4.69, 9.17) is 4.74 Å². The monoisotopic (exact) mass is 414 g/mol. The van der Waals surface area contributed by atoms with Crippen molar-refractivity contribution in [3.8, 4) is 0 Å². The minimum atomic E-state index is -0.312. The third kappa shape index (κ3) is 4.38. The van der Waals surface area contributed by atoms with Crippen LogP contribution in [-0.2, 0) is 16.0 Å². The van der Waals surface area contributed by atoms with Crippen LogP contribution in [0.25, 0.3) is 0 Å². The Morgan fingerprint density at radius 2 is 1.83 bits per heavy atom. The molecule has 2 aromatic rings. The molecule has 4 rings (SSSR count). The Morgan fingerprint density at radius 3 is 2.53 bits per heavy atom. The Balaban J connectivity index is 1.41. The van der Waals surface area contributed by atoms with Gasteiger partial charge in [-0.2, -0.15) is 5.10 Å². The van der Waals surface area contributed by atoms with Crippen LogP contribution in [0, 0.1) is 5.82 Å². The second-order valence-corrected chi connectivity index (χ2v) is 8.29. The normalized spacial score (nSPS) is 24.3. The predicted octanol–water partition coefficient (Wildman–Crippen LogP) is 2.36. The van der Waals surface area contributed by atoms with Crippen LogP contribution >= 0.6 is 0 Å². The van der Waals surface area contributed by atoms with E-state index in [-0.39, 0.29) is 42.2 Å². The van der Waals surface area contributed by atoms with Crippen LogP contribution in [0.2, 0.25) is 0 Å². The smallest absolute Gasteiger partial charge is 0.257 e. The van der Waals surface area contributed by atoms with Gasteiger partial charge in [0.25, 0.3) is 5.91 Å². The van der Waals surface area contributed by atoms with E-state index < -0.39 is 0 Å². The van der Waals surface area contributed by atoms with Gasteiger partial charge in [0, 0.05) is 32.1 Å². The van der Waals surface area contributed by atoms with E-state index in [1.165, 1.54) is 12.1 Å². The molecule has 2 aliphatic rings. The lowest BCUT2D eigenvalue weighted by Crippen LogP contribution is -2.48. The summed E-state index contributed by atoms with van der Waals surface area (Å²) in [6.07, 6.45) is 2.60. The molecule has 2 saturated heterocycles. The van der Waals surface area contributed by atoms with Crippen molar-refractivity contribution >= 4 is 11.8 Å². The summed E-state index contributed by atoms with van der Waals surface area (Å²) < 4.78 is 18.8. The van der Waals surface area contributed by atoms with Crippen LogP contribution in [0.4, 0.5) is 4.39 Å². The van der Waals surface area contributed by atoms with Gasteiger partial charge in [0.2, 0.25) is 5.91 Å². The van der Waals surface area contributed by atoms with E-state index in [2.05, 4.69) is 10.2 Å². The highest BCUT2D eigenvalue weighted by Gasteiger charge is 2.34. The molecular formula is C22H27FN4O3. The van der Waals surface area contributed by atoms with Gasteiger partial charge in [-0.15, -0.1) is 0 Å². The number of likely N-dealkylation sites (tertiary alicyclic amines) is 1. The molecule has 0 aliphatic carbocycles. The number of nitrogens with one attached hydrogen (secondary N) is 1. The zero-order valence-corrected chi connectivity index (χ0v) is 17.3. The number of nitrogens with zero attached hydrogens (tertiary/aromatic N) is 3. The first-order valence-corrected chi connectivity index (χ1v) is 10.4. The molecule has 2 aliphatic heterocycles. The number of H-pyrrole nitrogens is 1. The minimum absolute atomic E-state index is 0.000828. The fraction of sp³-hybridized carbons (Fsp3) is 0.500. The number of hydrogen-bond acceptors (Lipinski definition) is 4. The van der Waals surface area contributed by atoms with Gasteiger partial charge in [-0.1, -0.05) is 12.1 Å². The van der Waals surface area contributed by atoms with Gasteiger partial charge >= 0.3 is 0 Å². The summed E-state index contributed by atoms with van der Waals surface area (Å²) in [6.45, 7) is 6.21. The van der Waals surface area contributed by atoms with E-state index in [0.717, 1.165) is 17.7 Å². The second-order valence-electron chi connectivity index (χ2n) is 8.29. The summed E-state index contributed by atoms with van der Waals surface area (Å²) in [4.78, 5) is 29.4. The molecule has 1 N–H and O–H groups in total. The summed E-state index contributed by atoms with van der Waals surface area (Å²) in [7, 11) is 0. The Bertz CT molecular complexity index is 903. The van der Waals surface area contributed by atoms with Gasteiger partial charge in [-0.05, 0) is 38.0 Å². The number of morpholine rings is 1. The van der Waals surface area contributed by atoms with Crippen molar-refractivity contribution in [1.82, 2.24) is 20.0 Å². The number of ether oxygens (including phenoxy) is 1. The molecule has 0 spiro atoms. The third-order valence-electron chi connectivity index (χ3n) is 5.82. The lowest BCUT2D eigenvalue weighted by atomic mass is 10.00. The number of hydrogen-bond donors (Lipinski definition) is 1. The van der Waals surface area contributed by atoms with Crippen molar-refractivity contribution < 1.29 is 18.7 Å². The highest BCUT2D eigenvalue weighted by atomic mass is 19.1. The molecule has 8 heteroatoms. The average molecular weight is 414 g/mol. The number of amides is 2. The summed E-state index contributed by atoms with van der Waals surface area (Å²) in [5, 5.41) is 7.12. The first-order valence-electron chi connectivity index (χ1n) is 10.4. The zero-order valence-electron chi connectivity index (χ0n) is 17.3. The third-order valence-corrected chi connectivity index (χ3v) is 5.82. The van der Waals surface area contributed by atoms with Gasteiger partial charge in [-0.25, -0.2) is 4.39 Å². The maximum absolute atomic E-state index is 13.1. The van der Waals surface area contributed by atoms with E-state index in [1.54, 1.807) is 18.3 Å².